The van der Waals surface area contributed by atoms with E-state index < -0.39 is 17.9 Å². The zero-order chi connectivity index (χ0) is 25.6. The van der Waals surface area contributed by atoms with Gasteiger partial charge in [0, 0.05) is 18.7 Å². The number of nitrogens with one attached hydrogen (secondary N) is 2. The van der Waals surface area contributed by atoms with Crippen molar-refractivity contribution in [3.8, 4) is 5.75 Å². The summed E-state index contributed by atoms with van der Waals surface area (Å²) >= 11 is 8.89. The molecule has 1 fully saturated rings. The van der Waals surface area contributed by atoms with Crippen molar-refractivity contribution in [2.75, 3.05) is 26.3 Å². The maximum absolute atomic E-state index is 12.8. The summed E-state index contributed by atoms with van der Waals surface area (Å²) in [4.78, 5) is 39.1. The van der Waals surface area contributed by atoms with Gasteiger partial charge in [0.1, 0.15) is 11.8 Å². The number of rotatable bonds is 13. The first-order valence-electron chi connectivity index (χ1n) is 12.3. The first-order valence-corrected chi connectivity index (χ1v) is 13.5. The van der Waals surface area contributed by atoms with Gasteiger partial charge < -0.3 is 19.7 Å². The molecule has 8 nitrogen and oxygen atoms in total. The van der Waals surface area contributed by atoms with Crippen LogP contribution in [-0.4, -0.2) is 60.1 Å². The molecule has 194 valence electrons. The molecular weight excluding hydrogens is 534 g/mol. The second-order valence-corrected chi connectivity index (χ2v) is 9.69. The molecule has 0 aromatic heterocycles. The number of carbonyl (C=O) groups is 3. The highest BCUT2D eigenvalue weighted by Gasteiger charge is 2.34. The largest absolute Gasteiger partial charge is 0.492 e. The van der Waals surface area contributed by atoms with Gasteiger partial charge in [-0.05, 0) is 59.2 Å². The minimum atomic E-state index is -0.828. The molecular formula is C25H36BrN3O5S. The molecule has 1 aromatic rings. The summed E-state index contributed by atoms with van der Waals surface area (Å²) in [5.41, 5.74) is 0.394. The first-order chi connectivity index (χ1) is 16.9. The Balaban J connectivity index is 1.94. The maximum Gasteiger partial charge on any atom is 0.308 e. The van der Waals surface area contributed by atoms with Crippen LogP contribution in [0.15, 0.2) is 22.7 Å². The second kappa shape index (κ2) is 15.7. The number of hydrogen-bond acceptors (Lipinski definition) is 6. The van der Waals surface area contributed by atoms with E-state index in [-0.39, 0.29) is 17.4 Å². The van der Waals surface area contributed by atoms with E-state index in [1.54, 1.807) is 23.1 Å². The third kappa shape index (κ3) is 9.76. The summed E-state index contributed by atoms with van der Waals surface area (Å²) in [6.45, 7) is 5.93. The van der Waals surface area contributed by atoms with Crippen molar-refractivity contribution in [1.82, 2.24) is 15.5 Å². The van der Waals surface area contributed by atoms with E-state index in [2.05, 4.69) is 40.4 Å². The van der Waals surface area contributed by atoms with Crippen LogP contribution < -0.4 is 15.4 Å². The summed E-state index contributed by atoms with van der Waals surface area (Å²) in [5, 5.41) is 5.53. The molecule has 0 radical (unpaired) electrons. The summed E-state index contributed by atoms with van der Waals surface area (Å²) in [6.07, 6.45) is 7.10. The molecule has 1 unspecified atom stereocenters. The molecule has 2 amide bonds. The minimum Gasteiger partial charge on any atom is -0.492 e. The lowest BCUT2D eigenvalue weighted by molar-refractivity contribution is -0.147. The van der Waals surface area contributed by atoms with Crippen LogP contribution in [0.5, 0.6) is 5.75 Å². The average molecular weight is 571 g/mol. The number of esters is 1. The molecule has 0 saturated carbocycles. The lowest BCUT2D eigenvalue weighted by atomic mass is 10.1. The fourth-order valence-electron chi connectivity index (χ4n) is 3.63. The van der Waals surface area contributed by atoms with Gasteiger partial charge in [-0.1, -0.05) is 46.0 Å². The Morgan fingerprint density at radius 3 is 2.57 bits per heavy atom. The Morgan fingerprint density at radius 1 is 1.14 bits per heavy atom. The van der Waals surface area contributed by atoms with E-state index >= 15 is 0 Å². The predicted octanol–water partition coefficient (Wildman–Crippen LogP) is 4.35. The predicted molar refractivity (Wildman–Crippen MR) is 142 cm³/mol. The van der Waals surface area contributed by atoms with Crippen LogP contribution in [0.25, 0.3) is 0 Å². The van der Waals surface area contributed by atoms with Gasteiger partial charge in [-0.3, -0.25) is 19.7 Å². The number of ether oxygens (including phenoxy) is 2. The lowest BCUT2D eigenvalue weighted by Gasteiger charge is -2.36. The second-order valence-electron chi connectivity index (χ2n) is 8.45. The molecule has 1 aliphatic heterocycles. The van der Waals surface area contributed by atoms with Crippen molar-refractivity contribution >= 4 is 51.0 Å². The van der Waals surface area contributed by atoms with Crippen molar-refractivity contribution < 1.29 is 23.9 Å². The highest BCUT2D eigenvalue weighted by Crippen LogP contribution is 2.26. The number of halogens is 1. The summed E-state index contributed by atoms with van der Waals surface area (Å²) in [7, 11) is 0. The Labute approximate surface area is 221 Å². The number of hydrogen-bond donors (Lipinski definition) is 2. The van der Waals surface area contributed by atoms with E-state index in [0.29, 0.717) is 42.1 Å². The van der Waals surface area contributed by atoms with Crippen LogP contribution in [0.4, 0.5) is 0 Å². The number of benzene rings is 1. The van der Waals surface area contributed by atoms with Crippen molar-refractivity contribution in [3.63, 3.8) is 0 Å². The lowest BCUT2D eigenvalue weighted by Crippen LogP contribution is -2.60. The molecule has 1 aromatic carbocycles. The Kier molecular flexibility index (Phi) is 13.0. The Morgan fingerprint density at radius 2 is 1.86 bits per heavy atom. The smallest absolute Gasteiger partial charge is 0.308 e. The van der Waals surface area contributed by atoms with Gasteiger partial charge in [-0.2, -0.15) is 0 Å². The molecule has 1 heterocycles. The number of piperazine rings is 1. The fraction of sp³-hybridized carbons (Fsp3) is 0.600. The SMILES string of the molecule is CCCCCCOc1ccc(C(=O)NC(=S)N2CCNC(=O)C2CC(=O)OCCCCC)cc1Br. The molecule has 2 rings (SSSR count). The molecule has 0 spiro atoms. The third-order valence-electron chi connectivity index (χ3n) is 5.63. The van der Waals surface area contributed by atoms with Crippen molar-refractivity contribution in [2.24, 2.45) is 0 Å². The van der Waals surface area contributed by atoms with Crippen LogP contribution in [0.2, 0.25) is 0 Å². The molecule has 2 N–H and O–H groups in total. The van der Waals surface area contributed by atoms with E-state index in [1.165, 1.54) is 12.8 Å². The van der Waals surface area contributed by atoms with Crippen LogP contribution in [0.1, 0.15) is 75.6 Å². The molecule has 1 aliphatic rings. The van der Waals surface area contributed by atoms with E-state index in [0.717, 1.165) is 32.1 Å². The standard InChI is InChI=1S/C25H36BrN3O5S/c1-3-5-7-9-14-33-21-11-10-18(16-19(21)26)23(31)28-25(35)29-13-12-27-24(32)20(29)17-22(30)34-15-8-6-4-2/h10-11,16,20H,3-9,12-15,17H2,1-2H3,(H,27,32)(H,28,31,35). The van der Waals surface area contributed by atoms with Crippen LogP contribution in [0.3, 0.4) is 0 Å². The molecule has 0 aliphatic carbocycles. The third-order valence-corrected chi connectivity index (χ3v) is 6.59. The monoisotopic (exact) mass is 569 g/mol. The molecule has 0 bridgehead atoms. The summed E-state index contributed by atoms with van der Waals surface area (Å²) < 4.78 is 11.7. The van der Waals surface area contributed by atoms with Crippen LogP contribution >= 0.6 is 28.1 Å². The molecule has 1 saturated heterocycles. The van der Waals surface area contributed by atoms with Crippen molar-refractivity contribution in [2.45, 2.75) is 71.3 Å². The Bertz CT molecular complexity index is 883. The van der Waals surface area contributed by atoms with Crippen LogP contribution in [-0.2, 0) is 14.3 Å². The van der Waals surface area contributed by atoms with Crippen molar-refractivity contribution in [1.29, 1.82) is 0 Å². The molecule has 1 atom stereocenters. The van der Waals surface area contributed by atoms with Gasteiger partial charge in [0.05, 0.1) is 24.1 Å². The topological polar surface area (TPSA) is 97.0 Å². The quantitative estimate of drug-likeness (QED) is 0.207. The number of unbranched alkanes of at least 4 members (excludes halogenated alkanes) is 5. The minimum absolute atomic E-state index is 0.0982. The van der Waals surface area contributed by atoms with Gasteiger partial charge in [0.25, 0.3) is 5.91 Å². The highest BCUT2D eigenvalue weighted by atomic mass is 79.9. The number of nitrogens with zero attached hydrogens (tertiary/aromatic N) is 1. The zero-order valence-electron chi connectivity index (χ0n) is 20.6. The van der Waals surface area contributed by atoms with E-state index in [4.69, 9.17) is 21.7 Å². The Hall–Kier alpha value is -2.20. The zero-order valence-corrected chi connectivity index (χ0v) is 23.0. The van der Waals surface area contributed by atoms with Crippen LogP contribution in [0, 0.1) is 0 Å². The van der Waals surface area contributed by atoms with E-state index in [1.807, 2.05) is 0 Å². The first kappa shape index (κ1) is 29.0. The maximum atomic E-state index is 12.8. The summed E-state index contributed by atoms with van der Waals surface area (Å²) in [5.74, 6) is -0.513. The number of thiocarbonyl (C=S) groups is 1. The number of amides is 2. The van der Waals surface area contributed by atoms with Gasteiger partial charge in [0.15, 0.2) is 5.11 Å². The molecule has 35 heavy (non-hydrogen) atoms. The summed E-state index contributed by atoms with van der Waals surface area (Å²) in [6, 6.07) is 4.25. The van der Waals surface area contributed by atoms with E-state index in [9.17, 15) is 14.4 Å². The van der Waals surface area contributed by atoms with Gasteiger partial charge in [-0.25, -0.2) is 0 Å². The van der Waals surface area contributed by atoms with Gasteiger partial charge >= 0.3 is 5.97 Å². The van der Waals surface area contributed by atoms with Crippen molar-refractivity contribution in [3.05, 3.63) is 28.2 Å². The molecule has 10 heteroatoms. The van der Waals surface area contributed by atoms with Gasteiger partial charge in [-0.15, -0.1) is 0 Å². The normalized spacial score (nSPS) is 15.3. The average Bonchev–Trinajstić information content (AvgIpc) is 2.83. The number of carbonyl (C=O) groups excluding carboxylic acids is 3. The van der Waals surface area contributed by atoms with Gasteiger partial charge in [0.2, 0.25) is 5.91 Å². The highest BCUT2D eigenvalue weighted by molar-refractivity contribution is 9.10. The fourth-order valence-corrected chi connectivity index (χ4v) is 4.43.